The first-order valence-electron chi connectivity index (χ1n) is 10.8. The van der Waals surface area contributed by atoms with Crippen LogP contribution in [-0.4, -0.2) is 47.7 Å². The molecule has 0 radical (unpaired) electrons. The van der Waals surface area contributed by atoms with Gasteiger partial charge < -0.3 is 24.1 Å². The van der Waals surface area contributed by atoms with Crippen LogP contribution >= 0.6 is 12.2 Å². The minimum Gasteiger partial charge on any atom is -0.469 e. The van der Waals surface area contributed by atoms with Crippen LogP contribution in [-0.2, 0) is 14.3 Å². The molecule has 0 aliphatic carbocycles. The summed E-state index contributed by atoms with van der Waals surface area (Å²) in [6, 6.07) is 16.1. The monoisotopic (exact) mass is 479 g/mol. The number of furan rings is 1. The molecular formula is C25H25N3O5S. The van der Waals surface area contributed by atoms with Crippen molar-refractivity contribution < 1.29 is 23.5 Å². The zero-order valence-corrected chi connectivity index (χ0v) is 19.7. The Balaban J connectivity index is 1.62. The standard InChI is InChI=1S/C25H25N3O5S/c1-31-21(29)7-5-15-28-23(22(27-25(28)34)18-6-3-4-14-26-18)20-13-12-19(33-20)16-8-10-17(11-9-16)24(30)32-2/h3-4,6,8-14,22-23H,5,7,15H2,1-2H3,(H,27,34)/t22-,23-/m0/s1. The third-order valence-corrected chi connectivity index (χ3v) is 6.07. The minimum atomic E-state index is -0.391. The number of nitrogens with one attached hydrogen (secondary N) is 1. The van der Waals surface area contributed by atoms with E-state index in [0.29, 0.717) is 41.6 Å². The number of carbonyl (C=O) groups is 2. The summed E-state index contributed by atoms with van der Waals surface area (Å²) in [7, 11) is 2.73. The van der Waals surface area contributed by atoms with Crippen molar-refractivity contribution in [1.82, 2.24) is 15.2 Å². The predicted octanol–water partition coefficient (Wildman–Crippen LogP) is 4.05. The molecule has 4 rings (SSSR count). The van der Waals surface area contributed by atoms with Gasteiger partial charge in [-0.2, -0.15) is 0 Å². The zero-order chi connectivity index (χ0) is 24.1. The lowest BCUT2D eigenvalue weighted by atomic mass is 10.0. The van der Waals surface area contributed by atoms with Crippen molar-refractivity contribution >= 4 is 29.3 Å². The minimum absolute atomic E-state index is 0.215. The summed E-state index contributed by atoms with van der Waals surface area (Å²) in [5, 5.41) is 3.94. The zero-order valence-electron chi connectivity index (χ0n) is 18.9. The number of benzene rings is 1. The van der Waals surface area contributed by atoms with Gasteiger partial charge in [0.05, 0.1) is 31.5 Å². The second-order valence-corrected chi connectivity index (χ2v) is 8.16. The number of ether oxygens (including phenoxy) is 2. The Kier molecular flexibility index (Phi) is 7.22. The number of thiocarbonyl (C=S) groups is 1. The molecule has 9 heteroatoms. The van der Waals surface area contributed by atoms with Gasteiger partial charge in [-0.1, -0.05) is 18.2 Å². The van der Waals surface area contributed by atoms with E-state index in [1.54, 1.807) is 18.3 Å². The second kappa shape index (κ2) is 10.5. The fourth-order valence-corrected chi connectivity index (χ4v) is 4.34. The summed E-state index contributed by atoms with van der Waals surface area (Å²) in [6.45, 7) is 0.554. The van der Waals surface area contributed by atoms with E-state index < -0.39 is 5.97 Å². The average Bonchev–Trinajstić information content (AvgIpc) is 3.49. The Hall–Kier alpha value is -3.72. The van der Waals surface area contributed by atoms with Crippen LogP contribution in [0.5, 0.6) is 0 Å². The molecule has 1 aromatic carbocycles. The average molecular weight is 480 g/mol. The Bertz CT molecular complexity index is 1160. The van der Waals surface area contributed by atoms with E-state index >= 15 is 0 Å². The summed E-state index contributed by atoms with van der Waals surface area (Å²) < 4.78 is 15.8. The van der Waals surface area contributed by atoms with Crippen LogP contribution in [0.3, 0.4) is 0 Å². The third-order valence-electron chi connectivity index (χ3n) is 5.71. The van der Waals surface area contributed by atoms with Gasteiger partial charge in [-0.25, -0.2) is 4.79 Å². The van der Waals surface area contributed by atoms with E-state index in [1.165, 1.54) is 14.2 Å². The smallest absolute Gasteiger partial charge is 0.337 e. The van der Waals surface area contributed by atoms with Gasteiger partial charge in [0.2, 0.25) is 0 Å². The highest BCUT2D eigenvalue weighted by molar-refractivity contribution is 7.80. The Morgan fingerprint density at radius 1 is 1.09 bits per heavy atom. The molecule has 1 aliphatic rings. The Morgan fingerprint density at radius 2 is 1.88 bits per heavy atom. The highest BCUT2D eigenvalue weighted by atomic mass is 32.1. The molecule has 2 atom stereocenters. The fourth-order valence-electron chi connectivity index (χ4n) is 4.01. The summed E-state index contributed by atoms with van der Waals surface area (Å²) in [4.78, 5) is 29.9. The molecule has 0 spiro atoms. The van der Waals surface area contributed by atoms with E-state index in [9.17, 15) is 9.59 Å². The van der Waals surface area contributed by atoms with Crippen molar-refractivity contribution in [2.24, 2.45) is 0 Å². The lowest BCUT2D eigenvalue weighted by Gasteiger charge is -2.25. The molecule has 1 aliphatic heterocycles. The number of aromatic nitrogens is 1. The molecule has 0 unspecified atom stereocenters. The molecule has 1 saturated heterocycles. The maximum Gasteiger partial charge on any atom is 0.337 e. The van der Waals surface area contributed by atoms with E-state index in [-0.39, 0.29) is 18.1 Å². The van der Waals surface area contributed by atoms with Gasteiger partial charge in [0.25, 0.3) is 0 Å². The number of hydrogen-bond donors (Lipinski definition) is 1. The van der Waals surface area contributed by atoms with Crippen molar-refractivity contribution in [3.63, 3.8) is 0 Å². The molecule has 2 aromatic heterocycles. The molecule has 1 fully saturated rings. The van der Waals surface area contributed by atoms with E-state index in [1.807, 2.05) is 47.4 Å². The quantitative estimate of drug-likeness (QED) is 0.379. The van der Waals surface area contributed by atoms with Crippen LogP contribution in [0.25, 0.3) is 11.3 Å². The van der Waals surface area contributed by atoms with Gasteiger partial charge in [0.1, 0.15) is 17.6 Å². The molecule has 3 heterocycles. The predicted molar refractivity (Wildman–Crippen MR) is 129 cm³/mol. The van der Waals surface area contributed by atoms with Crippen LogP contribution in [0, 0.1) is 0 Å². The van der Waals surface area contributed by atoms with Gasteiger partial charge in [0, 0.05) is 24.7 Å². The highest BCUT2D eigenvalue weighted by Gasteiger charge is 2.41. The van der Waals surface area contributed by atoms with Crippen molar-refractivity contribution in [3.05, 3.63) is 77.8 Å². The van der Waals surface area contributed by atoms with E-state index in [0.717, 1.165) is 11.3 Å². The normalized spacial score (nSPS) is 17.4. The van der Waals surface area contributed by atoms with Crippen LogP contribution in [0.4, 0.5) is 0 Å². The maximum atomic E-state index is 11.7. The molecular weight excluding hydrogens is 454 g/mol. The fraction of sp³-hybridized carbons (Fsp3) is 0.280. The number of rotatable bonds is 8. The molecule has 0 bridgehead atoms. The molecule has 1 N–H and O–H groups in total. The first-order valence-corrected chi connectivity index (χ1v) is 11.3. The summed E-state index contributed by atoms with van der Waals surface area (Å²) in [5.41, 5.74) is 2.14. The van der Waals surface area contributed by atoms with Crippen molar-refractivity contribution in [2.75, 3.05) is 20.8 Å². The number of nitrogens with zero attached hydrogens (tertiary/aromatic N) is 2. The largest absolute Gasteiger partial charge is 0.469 e. The summed E-state index contributed by atoms with van der Waals surface area (Å²) in [5.74, 6) is 0.733. The van der Waals surface area contributed by atoms with Crippen molar-refractivity contribution in [1.29, 1.82) is 0 Å². The summed E-state index contributed by atoms with van der Waals surface area (Å²) in [6.07, 6.45) is 2.63. The number of esters is 2. The SMILES string of the molecule is COC(=O)CCCN1C(=S)N[C@@H](c2ccccn2)[C@@H]1c1ccc(-c2ccc(C(=O)OC)cc2)o1. The van der Waals surface area contributed by atoms with Crippen LogP contribution in [0.1, 0.15) is 46.7 Å². The van der Waals surface area contributed by atoms with Gasteiger partial charge in [0.15, 0.2) is 5.11 Å². The molecule has 8 nitrogen and oxygen atoms in total. The summed E-state index contributed by atoms with van der Waals surface area (Å²) >= 11 is 5.64. The maximum absolute atomic E-state index is 11.7. The van der Waals surface area contributed by atoms with Crippen molar-refractivity contribution in [3.8, 4) is 11.3 Å². The van der Waals surface area contributed by atoms with Crippen LogP contribution < -0.4 is 5.32 Å². The van der Waals surface area contributed by atoms with Crippen molar-refractivity contribution in [2.45, 2.75) is 24.9 Å². The number of hydrogen-bond acceptors (Lipinski definition) is 7. The Labute approximate surface area is 202 Å². The third kappa shape index (κ3) is 4.94. The van der Waals surface area contributed by atoms with E-state index in [2.05, 4.69) is 10.3 Å². The Morgan fingerprint density at radius 3 is 2.56 bits per heavy atom. The lowest BCUT2D eigenvalue weighted by molar-refractivity contribution is -0.140. The molecule has 0 saturated carbocycles. The van der Waals surface area contributed by atoms with Gasteiger partial charge in [-0.05, 0) is 55.0 Å². The molecule has 0 amide bonds. The van der Waals surface area contributed by atoms with E-state index in [4.69, 9.17) is 26.1 Å². The topological polar surface area (TPSA) is 93.9 Å². The second-order valence-electron chi connectivity index (χ2n) is 7.77. The van der Waals surface area contributed by atoms with Gasteiger partial charge in [-0.3, -0.25) is 9.78 Å². The molecule has 176 valence electrons. The molecule has 34 heavy (non-hydrogen) atoms. The molecule has 3 aromatic rings. The highest BCUT2D eigenvalue weighted by Crippen LogP contribution is 2.40. The van der Waals surface area contributed by atoms with Gasteiger partial charge >= 0.3 is 11.9 Å². The number of methoxy groups -OCH3 is 2. The van der Waals surface area contributed by atoms with Crippen LogP contribution in [0.2, 0.25) is 0 Å². The number of pyridine rings is 1. The first kappa shape index (κ1) is 23.4. The number of carbonyl (C=O) groups excluding carboxylic acids is 2. The lowest BCUT2D eigenvalue weighted by Crippen LogP contribution is -2.30. The van der Waals surface area contributed by atoms with Gasteiger partial charge in [-0.15, -0.1) is 0 Å². The van der Waals surface area contributed by atoms with Crippen LogP contribution in [0.15, 0.2) is 65.2 Å². The first-order chi connectivity index (χ1) is 16.5.